The Bertz CT molecular complexity index is 572. The molecule has 2 atom stereocenters. The van der Waals surface area contributed by atoms with Crippen LogP contribution < -0.4 is 10.1 Å². The smallest absolute Gasteiger partial charge is 0.325 e. The van der Waals surface area contributed by atoms with E-state index in [-0.39, 0.29) is 19.1 Å². The molecular weight excluding hydrogens is 296 g/mol. The average molecular weight is 320 g/mol. The molecule has 6 heteroatoms. The number of hydrogen-bond donors (Lipinski definition) is 2. The van der Waals surface area contributed by atoms with E-state index in [1.165, 1.54) is 5.56 Å². The van der Waals surface area contributed by atoms with Crippen molar-refractivity contribution in [3.63, 3.8) is 0 Å². The van der Waals surface area contributed by atoms with Crippen LogP contribution in [0.15, 0.2) is 24.3 Å². The Kier molecular flexibility index (Phi) is 5.26. The number of aliphatic hydroxyl groups is 1. The number of ether oxygens (including phenoxy) is 1. The van der Waals surface area contributed by atoms with Crippen molar-refractivity contribution in [2.24, 2.45) is 0 Å². The van der Waals surface area contributed by atoms with Gasteiger partial charge in [-0.15, -0.1) is 0 Å². The van der Waals surface area contributed by atoms with E-state index in [1.54, 1.807) is 6.92 Å². The maximum absolute atomic E-state index is 12.2. The normalized spacial score (nSPS) is 22.2. The lowest BCUT2D eigenvalue weighted by atomic mass is 9.99. The van der Waals surface area contributed by atoms with E-state index in [1.807, 2.05) is 31.2 Å². The fraction of sp³-hybridized carbons (Fsp3) is 0.529. The van der Waals surface area contributed by atoms with Gasteiger partial charge in [0.1, 0.15) is 24.0 Å². The highest BCUT2D eigenvalue weighted by Gasteiger charge is 2.46. The number of imide groups is 1. The zero-order valence-corrected chi connectivity index (χ0v) is 13.8. The van der Waals surface area contributed by atoms with Gasteiger partial charge < -0.3 is 15.2 Å². The van der Waals surface area contributed by atoms with Gasteiger partial charge in [-0.3, -0.25) is 9.69 Å². The first-order valence-corrected chi connectivity index (χ1v) is 7.93. The zero-order chi connectivity index (χ0) is 17.0. The number of rotatable bonds is 7. The molecular formula is C17H24N2O4. The molecule has 6 nitrogen and oxygen atoms in total. The maximum Gasteiger partial charge on any atom is 0.325 e. The Hall–Kier alpha value is -2.08. The van der Waals surface area contributed by atoms with Crippen LogP contribution in [0.1, 0.15) is 32.8 Å². The van der Waals surface area contributed by atoms with Crippen LogP contribution >= 0.6 is 0 Å². The first-order chi connectivity index (χ1) is 10.9. The van der Waals surface area contributed by atoms with Gasteiger partial charge in [-0.05, 0) is 37.5 Å². The number of aryl methyl sites for hydroxylation is 1. The van der Waals surface area contributed by atoms with Gasteiger partial charge in [0.05, 0.1) is 6.54 Å². The molecule has 3 amide bonds. The number of carbonyl (C=O) groups is 2. The molecule has 0 bridgehead atoms. The van der Waals surface area contributed by atoms with Crippen molar-refractivity contribution in [3.8, 4) is 5.75 Å². The minimum atomic E-state index is -0.935. The van der Waals surface area contributed by atoms with Crippen molar-refractivity contribution < 1.29 is 19.4 Å². The largest absolute Gasteiger partial charge is 0.491 e. The van der Waals surface area contributed by atoms with Crippen LogP contribution in [0.3, 0.4) is 0 Å². The van der Waals surface area contributed by atoms with Gasteiger partial charge in [-0.25, -0.2) is 4.79 Å². The van der Waals surface area contributed by atoms with Crippen LogP contribution in [-0.2, 0) is 11.2 Å². The van der Waals surface area contributed by atoms with Crippen LogP contribution in [0, 0.1) is 0 Å². The van der Waals surface area contributed by atoms with Crippen molar-refractivity contribution >= 4 is 11.9 Å². The molecule has 1 aliphatic rings. The van der Waals surface area contributed by atoms with Gasteiger partial charge >= 0.3 is 6.03 Å². The van der Waals surface area contributed by atoms with Crippen LogP contribution in [-0.4, -0.2) is 46.7 Å². The Morgan fingerprint density at radius 1 is 1.26 bits per heavy atom. The van der Waals surface area contributed by atoms with E-state index in [9.17, 15) is 14.7 Å². The molecule has 1 aromatic carbocycles. The molecule has 0 spiro atoms. The lowest BCUT2D eigenvalue weighted by molar-refractivity contribution is -0.132. The lowest BCUT2D eigenvalue weighted by Crippen LogP contribution is -2.44. The third-order valence-corrected chi connectivity index (χ3v) is 4.22. The minimum Gasteiger partial charge on any atom is -0.491 e. The molecule has 0 radical (unpaired) electrons. The minimum absolute atomic E-state index is 0.0192. The number of carbonyl (C=O) groups excluding carboxylic acids is 2. The van der Waals surface area contributed by atoms with Crippen LogP contribution in [0.5, 0.6) is 5.75 Å². The van der Waals surface area contributed by atoms with Crippen LogP contribution in [0.25, 0.3) is 0 Å². The third-order valence-electron chi connectivity index (χ3n) is 4.22. The molecule has 1 heterocycles. The molecule has 1 saturated heterocycles. The van der Waals surface area contributed by atoms with E-state index in [2.05, 4.69) is 12.2 Å². The highest BCUT2D eigenvalue weighted by Crippen LogP contribution is 2.21. The van der Waals surface area contributed by atoms with Crippen molar-refractivity contribution in [2.75, 3.05) is 13.2 Å². The Morgan fingerprint density at radius 3 is 2.43 bits per heavy atom. The number of nitrogens with one attached hydrogen (secondary N) is 1. The first kappa shape index (κ1) is 17.3. The fourth-order valence-electron chi connectivity index (χ4n) is 2.43. The number of urea groups is 1. The van der Waals surface area contributed by atoms with Gasteiger partial charge in [0.25, 0.3) is 5.91 Å². The van der Waals surface area contributed by atoms with Gasteiger partial charge in [0, 0.05) is 0 Å². The molecule has 0 saturated carbocycles. The van der Waals surface area contributed by atoms with Gasteiger partial charge in [0.15, 0.2) is 0 Å². The lowest BCUT2D eigenvalue weighted by Gasteiger charge is -2.21. The summed E-state index contributed by atoms with van der Waals surface area (Å²) in [5.74, 6) is 0.341. The van der Waals surface area contributed by atoms with Crippen molar-refractivity contribution in [3.05, 3.63) is 29.8 Å². The predicted octanol–water partition coefficient (Wildman–Crippen LogP) is 1.71. The summed E-state index contributed by atoms with van der Waals surface area (Å²) in [5.41, 5.74) is 0.323. The second-order valence-electron chi connectivity index (χ2n) is 5.99. The van der Waals surface area contributed by atoms with Gasteiger partial charge in [0.2, 0.25) is 0 Å². The second kappa shape index (κ2) is 7.00. The van der Waals surface area contributed by atoms with Crippen molar-refractivity contribution in [1.82, 2.24) is 10.2 Å². The van der Waals surface area contributed by atoms with Crippen LogP contribution in [0.4, 0.5) is 4.79 Å². The standard InChI is InChI=1S/C17H24N2O4/c1-4-12-6-8-14(9-7-12)23-11-13(20)10-19-15(21)17(3,5-2)18-16(19)22/h6-9,13,20H,4-5,10-11H2,1-3H3,(H,18,22)/t13-,17+/m0/s1. The number of aliphatic hydroxyl groups excluding tert-OH is 1. The van der Waals surface area contributed by atoms with Crippen molar-refractivity contribution in [2.45, 2.75) is 45.3 Å². The van der Waals surface area contributed by atoms with E-state index < -0.39 is 17.7 Å². The summed E-state index contributed by atoms with van der Waals surface area (Å²) < 4.78 is 5.51. The zero-order valence-electron chi connectivity index (χ0n) is 13.8. The van der Waals surface area contributed by atoms with E-state index in [4.69, 9.17) is 4.74 Å². The molecule has 2 rings (SSSR count). The van der Waals surface area contributed by atoms with E-state index >= 15 is 0 Å². The van der Waals surface area contributed by atoms with Crippen molar-refractivity contribution in [1.29, 1.82) is 0 Å². The second-order valence-corrected chi connectivity index (χ2v) is 5.99. The molecule has 126 valence electrons. The molecule has 2 N–H and O–H groups in total. The number of nitrogens with zero attached hydrogens (tertiary/aromatic N) is 1. The molecule has 0 aliphatic carbocycles. The molecule has 1 aliphatic heterocycles. The molecule has 0 aromatic heterocycles. The summed E-state index contributed by atoms with van der Waals surface area (Å²) in [6.07, 6.45) is 0.519. The molecule has 1 aromatic rings. The fourth-order valence-corrected chi connectivity index (χ4v) is 2.43. The predicted molar refractivity (Wildman–Crippen MR) is 86.3 cm³/mol. The first-order valence-electron chi connectivity index (χ1n) is 7.93. The summed E-state index contributed by atoms with van der Waals surface area (Å²) in [7, 11) is 0. The maximum atomic E-state index is 12.2. The van der Waals surface area contributed by atoms with Crippen LogP contribution in [0.2, 0.25) is 0 Å². The Balaban J connectivity index is 1.88. The van der Waals surface area contributed by atoms with E-state index in [0.29, 0.717) is 12.2 Å². The average Bonchev–Trinajstić information content (AvgIpc) is 2.77. The molecule has 0 unspecified atom stereocenters. The topological polar surface area (TPSA) is 78.9 Å². The molecule has 1 fully saturated rings. The Morgan fingerprint density at radius 2 is 1.91 bits per heavy atom. The van der Waals surface area contributed by atoms with E-state index in [0.717, 1.165) is 11.3 Å². The number of amides is 3. The van der Waals surface area contributed by atoms with Gasteiger partial charge in [-0.2, -0.15) is 0 Å². The summed E-state index contributed by atoms with van der Waals surface area (Å²) in [6.45, 7) is 5.53. The summed E-state index contributed by atoms with van der Waals surface area (Å²) in [5, 5.41) is 12.7. The third kappa shape index (κ3) is 3.82. The quantitative estimate of drug-likeness (QED) is 0.750. The Labute approximate surface area is 136 Å². The monoisotopic (exact) mass is 320 g/mol. The molecule has 23 heavy (non-hydrogen) atoms. The number of benzene rings is 1. The summed E-state index contributed by atoms with van der Waals surface area (Å²) in [6, 6.07) is 7.14. The number of hydrogen-bond acceptors (Lipinski definition) is 4. The summed E-state index contributed by atoms with van der Waals surface area (Å²) >= 11 is 0. The summed E-state index contributed by atoms with van der Waals surface area (Å²) in [4.78, 5) is 25.2. The SMILES string of the molecule is CCc1ccc(OC[C@@H](O)CN2C(=O)N[C@](C)(CC)C2=O)cc1. The highest BCUT2D eigenvalue weighted by atomic mass is 16.5. The van der Waals surface area contributed by atoms with Gasteiger partial charge in [-0.1, -0.05) is 26.0 Å². The highest BCUT2D eigenvalue weighted by molar-refractivity contribution is 6.06. The number of β-amino-alcohol motifs (C(OH)–C–C–N with tert-alkyl or cyclic N) is 1.